The number of terminal acetylenes is 1. The Morgan fingerprint density at radius 2 is 1.77 bits per heavy atom. The number of aliphatic imine (C=N–C) groups is 2. The fraction of sp³-hybridized carbons (Fsp3) is 0.0652. The molecule has 2 aromatic heterocycles. The zero-order valence-electron chi connectivity index (χ0n) is 28.8. The number of nitrogens with zero attached hydrogens (tertiary/aromatic N) is 5. The summed E-state index contributed by atoms with van der Waals surface area (Å²) in [6.45, 7) is 6.56. The molecule has 6 heteroatoms. The van der Waals surface area contributed by atoms with Crippen molar-refractivity contribution in [2.24, 2.45) is 9.98 Å². The van der Waals surface area contributed by atoms with Crippen LogP contribution in [-0.2, 0) is 0 Å². The predicted molar refractivity (Wildman–Crippen MR) is 218 cm³/mol. The number of hydrogen-bond donors (Lipinski definition) is 1. The van der Waals surface area contributed by atoms with Crippen LogP contribution in [0.15, 0.2) is 186 Å². The van der Waals surface area contributed by atoms with Gasteiger partial charge in [0.15, 0.2) is 5.84 Å². The first-order valence-electron chi connectivity index (χ1n) is 17.3. The minimum absolute atomic E-state index is 0.468. The van der Waals surface area contributed by atoms with Crippen molar-refractivity contribution in [2.75, 3.05) is 4.90 Å². The Morgan fingerprint density at radius 1 is 0.923 bits per heavy atom. The number of aromatic nitrogens is 2. The molecule has 5 aromatic rings. The summed E-state index contributed by atoms with van der Waals surface area (Å²) < 4.78 is 2.29. The van der Waals surface area contributed by atoms with Gasteiger partial charge in [-0.1, -0.05) is 110 Å². The fourth-order valence-electron chi connectivity index (χ4n) is 7.01. The predicted octanol–water partition coefficient (Wildman–Crippen LogP) is 10.0. The third-order valence-corrected chi connectivity index (χ3v) is 9.24. The molecule has 1 N–H and O–H groups in total. The van der Waals surface area contributed by atoms with E-state index in [1.54, 1.807) is 6.08 Å². The zero-order chi connectivity index (χ0) is 35.4. The van der Waals surface area contributed by atoms with E-state index in [1.165, 1.54) is 0 Å². The van der Waals surface area contributed by atoms with Gasteiger partial charge in [-0.25, -0.2) is 4.99 Å². The van der Waals surface area contributed by atoms with Crippen molar-refractivity contribution < 1.29 is 0 Å². The Bertz CT molecular complexity index is 2560. The summed E-state index contributed by atoms with van der Waals surface area (Å²) in [5, 5.41) is 4.68. The molecule has 8 rings (SSSR count). The van der Waals surface area contributed by atoms with Crippen LogP contribution < -0.4 is 10.2 Å². The lowest BCUT2D eigenvalue weighted by Crippen LogP contribution is -2.47. The molecule has 0 spiro atoms. The van der Waals surface area contributed by atoms with Gasteiger partial charge in [0.2, 0.25) is 5.96 Å². The van der Waals surface area contributed by atoms with Crippen molar-refractivity contribution >= 4 is 45.0 Å². The van der Waals surface area contributed by atoms with Gasteiger partial charge >= 0.3 is 0 Å². The number of hydrogen-bond acceptors (Lipinski definition) is 5. The number of fused-ring (bicyclic) bond motifs is 4. The molecule has 3 aliphatic rings. The first kappa shape index (κ1) is 32.2. The van der Waals surface area contributed by atoms with E-state index in [1.807, 2.05) is 67.9 Å². The van der Waals surface area contributed by atoms with Gasteiger partial charge in [0.05, 0.1) is 22.2 Å². The Labute approximate surface area is 304 Å². The molecule has 0 saturated heterocycles. The van der Waals surface area contributed by atoms with Crippen molar-refractivity contribution in [3.63, 3.8) is 0 Å². The van der Waals surface area contributed by atoms with Crippen LogP contribution in [0.25, 0.3) is 44.3 Å². The molecule has 52 heavy (non-hydrogen) atoms. The molecule has 0 amide bonds. The van der Waals surface area contributed by atoms with Gasteiger partial charge in [-0.2, -0.15) is 4.99 Å². The fourth-order valence-corrected chi connectivity index (χ4v) is 7.01. The lowest BCUT2D eigenvalue weighted by atomic mass is 9.90. The van der Waals surface area contributed by atoms with Crippen molar-refractivity contribution in [3.05, 3.63) is 181 Å². The molecule has 4 heterocycles. The lowest BCUT2D eigenvalue weighted by molar-refractivity contribution is 0.722. The maximum absolute atomic E-state index is 5.80. The number of nitrogens with one attached hydrogen (secondary N) is 1. The molecule has 3 aromatic carbocycles. The smallest absolute Gasteiger partial charge is 0.211 e. The molecule has 1 unspecified atom stereocenters. The average molecular weight is 673 g/mol. The van der Waals surface area contributed by atoms with Crippen LogP contribution in [0, 0.1) is 12.3 Å². The number of anilines is 1. The van der Waals surface area contributed by atoms with E-state index in [0.717, 1.165) is 73.1 Å². The summed E-state index contributed by atoms with van der Waals surface area (Å²) in [5.41, 5.74) is 10.8. The lowest BCUT2D eigenvalue weighted by Gasteiger charge is -2.32. The summed E-state index contributed by atoms with van der Waals surface area (Å²) in [6.07, 6.45) is 32.2. The van der Waals surface area contributed by atoms with Crippen molar-refractivity contribution in [1.82, 2.24) is 14.9 Å². The van der Waals surface area contributed by atoms with Crippen LogP contribution >= 0.6 is 0 Å². The highest BCUT2D eigenvalue weighted by molar-refractivity contribution is 6.17. The third-order valence-electron chi connectivity index (χ3n) is 9.24. The second kappa shape index (κ2) is 14.1. The number of para-hydroxylation sites is 1. The zero-order valence-corrected chi connectivity index (χ0v) is 28.8. The van der Waals surface area contributed by atoms with E-state index in [2.05, 4.69) is 118 Å². The highest BCUT2D eigenvalue weighted by atomic mass is 15.4. The van der Waals surface area contributed by atoms with E-state index in [0.29, 0.717) is 11.8 Å². The summed E-state index contributed by atoms with van der Waals surface area (Å²) in [4.78, 5) is 17.2. The van der Waals surface area contributed by atoms with Crippen molar-refractivity contribution in [2.45, 2.75) is 19.5 Å². The Balaban J connectivity index is 1.34. The first-order valence-corrected chi connectivity index (χ1v) is 17.3. The largest absolute Gasteiger partial charge is 0.330 e. The van der Waals surface area contributed by atoms with Gasteiger partial charge < -0.3 is 9.88 Å². The van der Waals surface area contributed by atoms with Crippen LogP contribution in [0.2, 0.25) is 0 Å². The number of pyridine rings is 1. The quantitative estimate of drug-likeness (QED) is 0.149. The van der Waals surface area contributed by atoms with Gasteiger partial charge in [-0.05, 0) is 78.6 Å². The summed E-state index contributed by atoms with van der Waals surface area (Å²) >= 11 is 0. The Morgan fingerprint density at radius 3 is 2.63 bits per heavy atom. The monoisotopic (exact) mass is 672 g/mol. The van der Waals surface area contributed by atoms with Crippen LogP contribution in [0.3, 0.4) is 0 Å². The second-order valence-corrected chi connectivity index (χ2v) is 12.5. The van der Waals surface area contributed by atoms with E-state index < -0.39 is 6.17 Å². The maximum atomic E-state index is 5.80. The molecule has 0 bridgehead atoms. The third kappa shape index (κ3) is 5.85. The molecule has 0 radical (unpaired) electrons. The van der Waals surface area contributed by atoms with Gasteiger partial charge in [-0.15, -0.1) is 6.42 Å². The molecule has 6 nitrogen and oxygen atoms in total. The van der Waals surface area contributed by atoms with E-state index in [-0.39, 0.29) is 0 Å². The summed E-state index contributed by atoms with van der Waals surface area (Å²) in [5.74, 6) is 3.92. The van der Waals surface area contributed by atoms with Gasteiger partial charge in [0.1, 0.15) is 6.17 Å². The standard InChI is InChI=1S/C46H36N6/c1-4-18-33(19-5-2)44-48-45(34-21-9-6-7-10-22-34)50-46(49-44)51-31-14-13-20-32(3)41-36(25-15-27-38(41)51)37-26-16-28-39-42(37)43-40(29-17-30-47-43)52(39)35-23-11-8-12-24-35/h1,5-6,8-31,44H,3,7H2,2H3,(H,48,49,50)/b19-5-,20-13-,31-14-,33-18+. The summed E-state index contributed by atoms with van der Waals surface area (Å²) in [7, 11) is 0. The van der Waals surface area contributed by atoms with Gasteiger partial charge in [0.25, 0.3) is 0 Å². The molecule has 1 atom stereocenters. The number of benzene rings is 3. The van der Waals surface area contributed by atoms with Crippen molar-refractivity contribution in [1.29, 1.82) is 0 Å². The van der Waals surface area contributed by atoms with Crippen LogP contribution in [0.4, 0.5) is 5.69 Å². The normalized spacial score (nSPS) is 18.5. The average Bonchev–Trinajstić information content (AvgIpc) is 3.29. The highest BCUT2D eigenvalue weighted by Gasteiger charge is 2.28. The van der Waals surface area contributed by atoms with Crippen LogP contribution in [0.5, 0.6) is 0 Å². The number of allylic oxidation sites excluding steroid dienone is 10. The molecule has 0 fully saturated rings. The SMILES string of the molecule is C#C/C=C(\C=C/C)C1N=C(C2=CC=CCC=C2)N=C(N2/C=C\C=C/C(=C)c3c(-c4cccc5c4c4ncccc4n5-c4ccccc4)cccc32)N1. The minimum atomic E-state index is -0.468. The molecule has 2 aliphatic heterocycles. The maximum Gasteiger partial charge on any atom is 0.211 e. The Kier molecular flexibility index (Phi) is 8.75. The number of guanidine groups is 1. The topological polar surface area (TPSA) is 57.8 Å². The molecule has 0 saturated carbocycles. The molecule has 250 valence electrons. The number of rotatable bonds is 5. The highest BCUT2D eigenvalue weighted by Crippen LogP contribution is 2.43. The summed E-state index contributed by atoms with van der Waals surface area (Å²) in [6, 6.07) is 27.4. The van der Waals surface area contributed by atoms with Crippen molar-refractivity contribution in [3.8, 4) is 29.2 Å². The van der Waals surface area contributed by atoms with Crippen LogP contribution in [0.1, 0.15) is 18.9 Å². The van der Waals surface area contributed by atoms with Gasteiger partial charge in [0, 0.05) is 40.2 Å². The van der Waals surface area contributed by atoms with E-state index in [9.17, 15) is 0 Å². The molecule has 1 aliphatic carbocycles. The number of amidine groups is 1. The second-order valence-electron chi connectivity index (χ2n) is 12.5. The van der Waals surface area contributed by atoms with E-state index in [4.69, 9.17) is 21.4 Å². The minimum Gasteiger partial charge on any atom is -0.330 e. The van der Waals surface area contributed by atoms with E-state index >= 15 is 0 Å². The van der Waals surface area contributed by atoms with Crippen LogP contribution in [-0.4, -0.2) is 27.5 Å². The first-order chi connectivity index (χ1) is 25.7. The van der Waals surface area contributed by atoms with Gasteiger partial charge in [-0.3, -0.25) is 9.88 Å². The molecular weight excluding hydrogens is 637 g/mol. The molecular formula is C46H36N6. The Hall–Kier alpha value is -6.97.